The Labute approximate surface area is 141 Å². The Balaban J connectivity index is 1.95. The zero-order chi connectivity index (χ0) is 16.7. The number of carbonyl (C=O) groups excluding carboxylic acids is 3. The molecule has 1 N–H and O–H groups in total. The number of nitrogens with one attached hydrogen (secondary N) is 1. The third-order valence-electron chi connectivity index (χ3n) is 4.55. The largest absolute Gasteiger partial charge is 0.469 e. The summed E-state index contributed by atoms with van der Waals surface area (Å²) in [4.78, 5) is 36.5. The molecule has 3 heterocycles. The summed E-state index contributed by atoms with van der Waals surface area (Å²) in [6.07, 6.45) is 5.95. The van der Waals surface area contributed by atoms with Gasteiger partial charge in [0.2, 0.25) is 5.91 Å². The molecule has 2 aliphatic rings. The van der Waals surface area contributed by atoms with Crippen LogP contribution in [0.5, 0.6) is 0 Å². The van der Waals surface area contributed by atoms with Crippen LogP contribution in [-0.4, -0.2) is 22.2 Å². The second-order valence-electron chi connectivity index (χ2n) is 5.71. The minimum Gasteiger partial charge on any atom is -0.469 e. The van der Waals surface area contributed by atoms with Crippen LogP contribution in [0.3, 0.4) is 0 Å². The number of hydrogen-bond donors (Lipinski definition) is 1. The van der Waals surface area contributed by atoms with Crippen LogP contribution in [0, 0.1) is 0 Å². The Bertz CT molecular complexity index is 823. The van der Waals surface area contributed by atoms with E-state index in [1.54, 1.807) is 30.3 Å². The summed E-state index contributed by atoms with van der Waals surface area (Å²) < 4.78 is 9.82. The quantitative estimate of drug-likeness (QED) is 0.862. The van der Waals surface area contributed by atoms with Gasteiger partial charge in [0.1, 0.15) is 22.6 Å². The molecule has 0 radical (unpaired) electrons. The summed E-state index contributed by atoms with van der Waals surface area (Å²) >= 11 is 0.909. The van der Waals surface area contributed by atoms with E-state index in [9.17, 15) is 14.4 Å². The average Bonchev–Trinajstić information content (AvgIpc) is 3.30. The highest BCUT2D eigenvalue weighted by Gasteiger charge is 2.62. The van der Waals surface area contributed by atoms with E-state index in [0.29, 0.717) is 23.5 Å². The highest BCUT2D eigenvalue weighted by Crippen LogP contribution is 2.58. The van der Waals surface area contributed by atoms with Crippen molar-refractivity contribution in [2.24, 2.45) is 0 Å². The van der Waals surface area contributed by atoms with Crippen LogP contribution in [0.2, 0.25) is 0 Å². The molecule has 1 fully saturated rings. The summed E-state index contributed by atoms with van der Waals surface area (Å²) in [5.74, 6) is -0.395. The third kappa shape index (κ3) is 2.01. The topological polar surface area (TPSA) is 89.5 Å². The second kappa shape index (κ2) is 5.52. The van der Waals surface area contributed by atoms with Crippen LogP contribution in [-0.2, 0) is 9.59 Å². The summed E-state index contributed by atoms with van der Waals surface area (Å²) in [5.41, 5.74) is 0.435. The molecule has 1 spiro atoms. The van der Waals surface area contributed by atoms with Gasteiger partial charge in [0, 0.05) is 11.5 Å². The number of amides is 2. The van der Waals surface area contributed by atoms with E-state index in [0.717, 1.165) is 18.0 Å². The summed E-state index contributed by atoms with van der Waals surface area (Å²) in [5, 5.41) is 1.93. The van der Waals surface area contributed by atoms with Gasteiger partial charge in [0.05, 0.1) is 18.4 Å². The minimum absolute atomic E-state index is 0.386. The number of furan rings is 2. The molecule has 1 aliphatic heterocycles. The molecule has 2 aromatic rings. The van der Waals surface area contributed by atoms with Crippen LogP contribution in [0.25, 0.3) is 0 Å². The lowest BCUT2D eigenvalue weighted by molar-refractivity contribution is -0.123. The van der Waals surface area contributed by atoms with Crippen molar-refractivity contribution in [3.8, 4) is 0 Å². The van der Waals surface area contributed by atoms with Gasteiger partial charge in [-0.25, -0.2) is 0 Å². The third-order valence-corrected chi connectivity index (χ3v) is 5.88. The van der Waals surface area contributed by atoms with Crippen molar-refractivity contribution in [1.29, 1.82) is 0 Å². The van der Waals surface area contributed by atoms with E-state index < -0.39 is 21.8 Å². The van der Waals surface area contributed by atoms with Crippen molar-refractivity contribution < 1.29 is 23.2 Å². The molecule has 4 rings (SSSR count). The van der Waals surface area contributed by atoms with Gasteiger partial charge < -0.3 is 8.83 Å². The van der Waals surface area contributed by atoms with Crippen molar-refractivity contribution in [2.75, 3.05) is 0 Å². The molecule has 2 amide bonds. The fourth-order valence-corrected chi connectivity index (χ4v) is 4.91. The fraction of sp³-hybridized carbons (Fsp3) is 0.235. The van der Waals surface area contributed by atoms with E-state index in [4.69, 9.17) is 8.83 Å². The lowest BCUT2D eigenvalue weighted by Gasteiger charge is -2.40. The van der Waals surface area contributed by atoms with Gasteiger partial charge in [0.25, 0.3) is 5.24 Å². The van der Waals surface area contributed by atoms with Crippen LogP contribution >= 0.6 is 11.8 Å². The Morgan fingerprint density at radius 3 is 2.42 bits per heavy atom. The molecule has 3 atom stereocenters. The predicted molar refractivity (Wildman–Crippen MR) is 85.5 cm³/mol. The first-order chi connectivity index (χ1) is 11.7. The number of thioether (sulfide) groups is 1. The van der Waals surface area contributed by atoms with Crippen molar-refractivity contribution in [3.63, 3.8) is 0 Å². The maximum Gasteiger partial charge on any atom is 0.286 e. The Morgan fingerprint density at radius 1 is 1.17 bits per heavy atom. The summed E-state index contributed by atoms with van der Waals surface area (Å²) in [6, 6.07) is 6.93. The number of carbonyl (C=O) groups is 3. The van der Waals surface area contributed by atoms with Gasteiger partial charge in [-0.15, -0.1) is 0 Å². The lowest BCUT2D eigenvalue weighted by atomic mass is 9.68. The SMILES string of the molecule is O=CC1=CC[C@@H](c2ccco2)[C@]2(SC(=O)NC2=O)[C@@H]1c1ccco1. The van der Waals surface area contributed by atoms with E-state index in [1.165, 1.54) is 12.5 Å². The van der Waals surface area contributed by atoms with Crippen LogP contribution in [0.4, 0.5) is 4.79 Å². The number of allylic oxidation sites excluding steroid dienone is 2. The molecule has 0 bridgehead atoms. The number of rotatable bonds is 3. The van der Waals surface area contributed by atoms with Crippen LogP contribution < -0.4 is 5.32 Å². The van der Waals surface area contributed by atoms with E-state index in [-0.39, 0.29) is 5.92 Å². The molecule has 0 aromatic carbocycles. The molecule has 24 heavy (non-hydrogen) atoms. The van der Waals surface area contributed by atoms with Crippen molar-refractivity contribution in [1.82, 2.24) is 5.32 Å². The standard InChI is InChI=1S/C17H13NO5S/c19-9-10-5-6-11(12-3-1-7-22-12)17(15(20)18-16(21)24-17)14(10)13-4-2-8-23-13/h1-5,7-9,11,14H,6H2,(H,18,20,21)/t11-,14-,17-/m0/s1. The van der Waals surface area contributed by atoms with Gasteiger partial charge >= 0.3 is 0 Å². The van der Waals surface area contributed by atoms with Crippen LogP contribution in [0.1, 0.15) is 29.8 Å². The smallest absolute Gasteiger partial charge is 0.286 e. The van der Waals surface area contributed by atoms with Gasteiger partial charge in [-0.2, -0.15) is 0 Å². The number of hydrogen-bond acceptors (Lipinski definition) is 6. The zero-order valence-electron chi connectivity index (χ0n) is 12.4. The van der Waals surface area contributed by atoms with E-state index in [2.05, 4.69) is 5.32 Å². The first-order valence-corrected chi connectivity index (χ1v) is 8.25. The molecule has 6 nitrogen and oxygen atoms in total. The molecule has 1 aliphatic carbocycles. The van der Waals surface area contributed by atoms with Crippen molar-refractivity contribution in [2.45, 2.75) is 23.0 Å². The monoisotopic (exact) mass is 343 g/mol. The highest BCUT2D eigenvalue weighted by molar-refractivity contribution is 8.16. The maximum absolute atomic E-state index is 12.9. The van der Waals surface area contributed by atoms with Crippen LogP contribution in [0.15, 0.2) is 57.3 Å². The number of aldehydes is 1. The zero-order valence-corrected chi connectivity index (χ0v) is 13.2. The molecule has 7 heteroatoms. The molecule has 0 saturated carbocycles. The highest BCUT2D eigenvalue weighted by atomic mass is 32.2. The Morgan fingerprint density at radius 2 is 1.88 bits per heavy atom. The Hall–Kier alpha value is -2.54. The molecule has 0 unspecified atom stereocenters. The van der Waals surface area contributed by atoms with Gasteiger partial charge in [-0.05, 0) is 42.4 Å². The minimum atomic E-state index is -1.21. The summed E-state index contributed by atoms with van der Waals surface area (Å²) in [7, 11) is 0. The average molecular weight is 343 g/mol. The molecule has 2 aromatic heterocycles. The first-order valence-electron chi connectivity index (χ1n) is 7.43. The van der Waals surface area contributed by atoms with Crippen molar-refractivity contribution >= 4 is 29.2 Å². The Kier molecular flexibility index (Phi) is 3.45. The fourth-order valence-electron chi connectivity index (χ4n) is 3.59. The first kappa shape index (κ1) is 15.0. The second-order valence-corrected chi connectivity index (χ2v) is 6.96. The normalized spacial score (nSPS) is 29.6. The molecular formula is C17H13NO5S. The molecule has 122 valence electrons. The van der Waals surface area contributed by atoms with Gasteiger partial charge in [0.15, 0.2) is 0 Å². The van der Waals surface area contributed by atoms with E-state index in [1.807, 2.05) is 0 Å². The van der Waals surface area contributed by atoms with Crippen molar-refractivity contribution in [3.05, 3.63) is 60.0 Å². The van der Waals surface area contributed by atoms with Gasteiger partial charge in [-0.1, -0.05) is 6.08 Å². The van der Waals surface area contributed by atoms with Gasteiger partial charge in [-0.3, -0.25) is 19.7 Å². The summed E-state index contributed by atoms with van der Waals surface area (Å²) in [6.45, 7) is 0. The maximum atomic E-state index is 12.9. The number of imide groups is 1. The molecular weight excluding hydrogens is 330 g/mol. The lowest BCUT2D eigenvalue weighted by Crippen LogP contribution is -2.49. The predicted octanol–water partition coefficient (Wildman–Crippen LogP) is 2.99. The van der Waals surface area contributed by atoms with E-state index >= 15 is 0 Å². The molecule has 1 saturated heterocycles.